The number of hydrogen-bond donors (Lipinski definition) is 0. The topological polar surface area (TPSA) is 84.0 Å². The summed E-state index contributed by atoms with van der Waals surface area (Å²) in [4.78, 5) is 26.1. The molecule has 2 aromatic carbocycles. The molecule has 3 rings (SSSR count). The summed E-state index contributed by atoms with van der Waals surface area (Å²) in [5.74, 6) is -1.19. The van der Waals surface area contributed by atoms with Crippen molar-refractivity contribution in [3.8, 4) is 0 Å². The van der Waals surface area contributed by atoms with E-state index in [4.69, 9.17) is 39.5 Å². The van der Waals surface area contributed by atoms with Crippen molar-refractivity contribution in [3.05, 3.63) is 63.1 Å². The predicted molar refractivity (Wildman–Crippen MR) is 114 cm³/mol. The standard InChI is InChI=1S/C19H17Cl3N2O5S/c20-13-1-4-15(5-2-13)30(27,28)24-9-7-23(8-10-24)18(25)12-29-19(26)16-11-14(21)3-6-17(16)22/h1-6,11H,7-10,12H2. The van der Waals surface area contributed by atoms with Crippen LogP contribution in [0, 0.1) is 0 Å². The van der Waals surface area contributed by atoms with Gasteiger partial charge in [0.2, 0.25) is 10.0 Å². The number of carbonyl (C=O) groups excluding carboxylic acids is 2. The Kier molecular flexibility index (Phi) is 7.26. The molecular weight excluding hydrogens is 475 g/mol. The van der Waals surface area contributed by atoms with E-state index in [9.17, 15) is 18.0 Å². The maximum Gasteiger partial charge on any atom is 0.340 e. The molecule has 7 nitrogen and oxygen atoms in total. The monoisotopic (exact) mass is 490 g/mol. The summed E-state index contributed by atoms with van der Waals surface area (Å²) in [7, 11) is -3.67. The number of amides is 1. The quantitative estimate of drug-likeness (QED) is 0.599. The second-order valence-corrected chi connectivity index (χ2v) is 9.66. The molecule has 1 amide bonds. The van der Waals surface area contributed by atoms with Gasteiger partial charge in [-0.2, -0.15) is 4.31 Å². The first-order valence-corrected chi connectivity index (χ1v) is 11.4. The SMILES string of the molecule is O=C(OCC(=O)N1CCN(S(=O)(=O)c2ccc(Cl)cc2)CC1)c1cc(Cl)ccc1Cl. The average molecular weight is 492 g/mol. The summed E-state index contributed by atoms with van der Waals surface area (Å²) in [5.41, 5.74) is 0.0656. The molecule has 1 fully saturated rings. The highest BCUT2D eigenvalue weighted by Crippen LogP contribution is 2.22. The largest absolute Gasteiger partial charge is 0.452 e. The molecule has 0 unspecified atom stereocenters. The number of nitrogens with zero attached hydrogens (tertiary/aromatic N) is 2. The molecular formula is C19H17Cl3N2O5S. The molecule has 0 atom stereocenters. The lowest BCUT2D eigenvalue weighted by molar-refractivity contribution is -0.135. The molecule has 1 saturated heterocycles. The number of rotatable bonds is 5. The van der Waals surface area contributed by atoms with Gasteiger partial charge in [0.1, 0.15) is 0 Å². The third-order valence-corrected chi connectivity index (χ3v) is 7.25. The maximum atomic E-state index is 12.7. The minimum atomic E-state index is -3.67. The van der Waals surface area contributed by atoms with Crippen molar-refractivity contribution < 1.29 is 22.7 Å². The molecule has 0 N–H and O–H groups in total. The van der Waals surface area contributed by atoms with Gasteiger partial charge in [-0.3, -0.25) is 4.79 Å². The van der Waals surface area contributed by atoms with Gasteiger partial charge in [0, 0.05) is 36.2 Å². The van der Waals surface area contributed by atoms with Crippen LogP contribution in [0.4, 0.5) is 0 Å². The van der Waals surface area contributed by atoms with Crippen LogP contribution >= 0.6 is 34.8 Å². The normalized spacial score (nSPS) is 15.1. The summed E-state index contributed by atoms with van der Waals surface area (Å²) >= 11 is 17.6. The third-order valence-electron chi connectivity index (χ3n) is 4.52. The molecule has 11 heteroatoms. The first kappa shape index (κ1) is 22.8. The van der Waals surface area contributed by atoms with Gasteiger partial charge in [0.25, 0.3) is 5.91 Å². The maximum absolute atomic E-state index is 12.7. The Balaban J connectivity index is 1.54. The Labute approximate surface area is 189 Å². The number of sulfonamides is 1. The van der Waals surface area contributed by atoms with Gasteiger partial charge in [0.05, 0.1) is 15.5 Å². The predicted octanol–water partition coefficient (Wildman–Crippen LogP) is 3.34. The van der Waals surface area contributed by atoms with E-state index in [-0.39, 0.29) is 41.7 Å². The van der Waals surface area contributed by atoms with Crippen molar-refractivity contribution in [2.75, 3.05) is 32.8 Å². The van der Waals surface area contributed by atoms with Crippen LogP contribution in [0.2, 0.25) is 15.1 Å². The molecule has 0 spiro atoms. The van der Waals surface area contributed by atoms with Crippen LogP contribution in [-0.2, 0) is 19.6 Å². The van der Waals surface area contributed by atoms with E-state index in [0.29, 0.717) is 10.0 Å². The number of benzene rings is 2. The van der Waals surface area contributed by atoms with Gasteiger partial charge in [-0.05, 0) is 42.5 Å². The van der Waals surface area contributed by atoms with Crippen LogP contribution in [0.5, 0.6) is 0 Å². The Morgan fingerprint density at radius 2 is 1.50 bits per heavy atom. The lowest BCUT2D eigenvalue weighted by atomic mass is 10.2. The van der Waals surface area contributed by atoms with E-state index in [1.165, 1.54) is 51.7 Å². The molecule has 30 heavy (non-hydrogen) atoms. The molecule has 0 aliphatic carbocycles. The van der Waals surface area contributed by atoms with E-state index >= 15 is 0 Å². The van der Waals surface area contributed by atoms with Crippen LogP contribution in [0.15, 0.2) is 47.4 Å². The van der Waals surface area contributed by atoms with E-state index in [1.807, 2.05) is 0 Å². The third kappa shape index (κ3) is 5.25. The molecule has 0 saturated carbocycles. The first-order valence-electron chi connectivity index (χ1n) is 8.84. The zero-order valence-corrected chi connectivity index (χ0v) is 18.6. The number of halogens is 3. The van der Waals surface area contributed by atoms with E-state index in [0.717, 1.165) is 0 Å². The van der Waals surface area contributed by atoms with Crippen LogP contribution in [-0.4, -0.2) is 62.3 Å². The lowest BCUT2D eigenvalue weighted by Gasteiger charge is -2.33. The summed E-state index contributed by atoms with van der Waals surface area (Å²) < 4.78 is 31.7. The fourth-order valence-electron chi connectivity index (χ4n) is 2.88. The van der Waals surface area contributed by atoms with Gasteiger partial charge in [0.15, 0.2) is 6.61 Å². The molecule has 0 aromatic heterocycles. The van der Waals surface area contributed by atoms with Gasteiger partial charge in [-0.25, -0.2) is 13.2 Å². The zero-order valence-electron chi connectivity index (χ0n) is 15.6. The number of hydrogen-bond acceptors (Lipinski definition) is 5. The van der Waals surface area contributed by atoms with Crippen molar-refractivity contribution >= 4 is 56.7 Å². The van der Waals surface area contributed by atoms with Crippen LogP contribution in [0.3, 0.4) is 0 Å². The minimum absolute atomic E-state index is 0.0656. The smallest absolute Gasteiger partial charge is 0.340 e. The Morgan fingerprint density at radius 1 is 0.900 bits per heavy atom. The summed E-state index contributed by atoms with van der Waals surface area (Å²) in [6, 6.07) is 10.2. The average Bonchev–Trinajstić information content (AvgIpc) is 2.74. The van der Waals surface area contributed by atoms with Crippen molar-refractivity contribution in [2.24, 2.45) is 0 Å². The van der Waals surface area contributed by atoms with Gasteiger partial charge < -0.3 is 9.64 Å². The molecule has 160 valence electrons. The van der Waals surface area contributed by atoms with Gasteiger partial charge in [-0.1, -0.05) is 34.8 Å². The number of piperazine rings is 1. The highest BCUT2D eigenvalue weighted by atomic mass is 35.5. The van der Waals surface area contributed by atoms with Crippen molar-refractivity contribution in [1.29, 1.82) is 0 Å². The molecule has 0 radical (unpaired) electrons. The van der Waals surface area contributed by atoms with Gasteiger partial charge >= 0.3 is 5.97 Å². The molecule has 1 aliphatic heterocycles. The number of esters is 1. The summed E-state index contributed by atoms with van der Waals surface area (Å²) in [5, 5.41) is 0.923. The van der Waals surface area contributed by atoms with Crippen molar-refractivity contribution in [2.45, 2.75) is 4.90 Å². The van der Waals surface area contributed by atoms with Crippen molar-refractivity contribution in [1.82, 2.24) is 9.21 Å². The van der Waals surface area contributed by atoms with Crippen molar-refractivity contribution in [3.63, 3.8) is 0 Å². The van der Waals surface area contributed by atoms with Gasteiger partial charge in [-0.15, -0.1) is 0 Å². The first-order chi connectivity index (χ1) is 14.2. The lowest BCUT2D eigenvalue weighted by Crippen LogP contribution is -2.51. The molecule has 1 aliphatic rings. The molecule has 2 aromatic rings. The molecule has 0 bridgehead atoms. The van der Waals surface area contributed by atoms with Crippen LogP contribution in [0.25, 0.3) is 0 Å². The van der Waals surface area contributed by atoms with E-state index < -0.39 is 28.5 Å². The molecule has 1 heterocycles. The Hall–Kier alpha value is -1.84. The van der Waals surface area contributed by atoms with E-state index in [2.05, 4.69) is 0 Å². The summed E-state index contributed by atoms with van der Waals surface area (Å²) in [6.07, 6.45) is 0. The zero-order chi connectivity index (χ0) is 21.9. The summed E-state index contributed by atoms with van der Waals surface area (Å²) in [6.45, 7) is 0.142. The van der Waals surface area contributed by atoms with Crippen LogP contribution in [0.1, 0.15) is 10.4 Å². The second-order valence-electron chi connectivity index (χ2n) is 6.44. The Morgan fingerprint density at radius 3 is 2.13 bits per heavy atom. The minimum Gasteiger partial charge on any atom is -0.452 e. The van der Waals surface area contributed by atoms with E-state index in [1.54, 1.807) is 0 Å². The fourth-order valence-corrected chi connectivity index (χ4v) is 4.80. The highest BCUT2D eigenvalue weighted by Gasteiger charge is 2.30. The number of carbonyl (C=O) groups is 2. The second kappa shape index (κ2) is 9.53. The fraction of sp³-hybridized carbons (Fsp3) is 0.263. The highest BCUT2D eigenvalue weighted by molar-refractivity contribution is 7.89. The van der Waals surface area contributed by atoms with Crippen LogP contribution < -0.4 is 0 Å². The number of ether oxygens (including phenoxy) is 1. The Bertz CT molecular complexity index is 1050.